The highest BCUT2D eigenvalue weighted by Crippen LogP contribution is 2.33. The number of halogens is 1. The summed E-state index contributed by atoms with van der Waals surface area (Å²) in [5.41, 5.74) is 0.871. The Morgan fingerprint density at radius 3 is 2.52 bits per heavy atom. The minimum Gasteiger partial charge on any atom is -0.327 e. The Hall–Kier alpha value is -1.49. The first-order valence-corrected chi connectivity index (χ1v) is 9.06. The van der Waals surface area contributed by atoms with Crippen LogP contribution >= 0.6 is 23.4 Å². The van der Waals surface area contributed by atoms with Crippen molar-refractivity contribution in [1.29, 1.82) is 0 Å². The van der Waals surface area contributed by atoms with Crippen LogP contribution in [0, 0.1) is 0 Å². The second-order valence-electron chi connectivity index (χ2n) is 5.73. The summed E-state index contributed by atoms with van der Waals surface area (Å²) in [5, 5.41) is 3.79. The molecule has 0 atom stereocenters. The monoisotopic (exact) mass is 347 g/mol. The van der Waals surface area contributed by atoms with Crippen molar-refractivity contribution in [1.82, 2.24) is 0 Å². The van der Waals surface area contributed by atoms with Gasteiger partial charge in [0.25, 0.3) is 5.91 Å². The van der Waals surface area contributed by atoms with Crippen LogP contribution in [-0.2, 0) is 4.79 Å². The molecule has 0 bridgehead atoms. The van der Waals surface area contributed by atoms with Gasteiger partial charge in [-0.15, -0.1) is 0 Å². The van der Waals surface area contributed by atoms with E-state index in [1.165, 1.54) is 17.7 Å². The third-order valence-corrected chi connectivity index (χ3v) is 5.26. The molecular formula is C18H20ClN2OS+. The maximum absolute atomic E-state index is 12.3. The summed E-state index contributed by atoms with van der Waals surface area (Å²) >= 11 is 7.55. The average molecular weight is 348 g/mol. The van der Waals surface area contributed by atoms with Gasteiger partial charge in [-0.1, -0.05) is 35.5 Å². The lowest BCUT2D eigenvalue weighted by Crippen LogP contribution is -3.11. The molecule has 3 rings (SSSR count). The van der Waals surface area contributed by atoms with Gasteiger partial charge >= 0.3 is 0 Å². The van der Waals surface area contributed by atoms with E-state index in [2.05, 4.69) is 5.32 Å². The minimum absolute atomic E-state index is 0.0889. The molecule has 1 aliphatic heterocycles. The zero-order valence-electron chi connectivity index (χ0n) is 12.8. The Morgan fingerprint density at radius 2 is 1.78 bits per heavy atom. The summed E-state index contributed by atoms with van der Waals surface area (Å²) in [4.78, 5) is 15.8. The number of hydrogen-bond acceptors (Lipinski definition) is 2. The molecule has 120 valence electrons. The Balaban J connectivity index is 1.67. The number of hydrogen-bond donors (Lipinski definition) is 2. The summed E-state index contributed by atoms with van der Waals surface area (Å²) in [6.45, 7) is 2.77. The number of para-hydroxylation sites is 1. The van der Waals surface area contributed by atoms with Crippen LogP contribution in [0.2, 0.25) is 5.02 Å². The van der Waals surface area contributed by atoms with E-state index in [1.807, 2.05) is 48.5 Å². The van der Waals surface area contributed by atoms with Gasteiger partial charge in [0.2, 0.25) is 0 Å². The number of amides is 1. The topological polar surface area (TPSA) is 33.5 Å². The number of quaternary nitrogens is 1. The van der Waals surface area contributed by atoms with E-state index in [-0.39, 0.29) is 5.91 Å². The van der Waals surface area contributed by atoms with E-state index >= 15 is 0 Å². The predicted molar refractivity (Wildman–Crippen MR) is 95.4 cm³/mol. The van der Waals surface area contributed by atoms with Gasteiger partial charge in [-0.3, -0.25) is 4.79 Å². The lowest BCUT2D eigenvalue weighted by Gasteiger charge is -2.14. The molecule has 2 aromatic carbocycles. The second kappa shape index (κ2) is 7.86. The molecule has 1 fully saturated rings. The smallest absolute Gasteiger partial charge is 0.279 e. The minimum atomic E-state index is 0.0889. The average Bonchev–Trinajstić information content (AvgIpc) is 3.04. The fourth-order valence-electron chi connectivity index (χ4n) is 2.76. The quantitative estimate of drug-likeness (QED) is 0.871. The van der Waals surface area contributed by atoms with E-state index in [9.17, 15) is 4.79 Å². The van der Waals surface area contributed by atoms with Gasteiger partial charge in [0.05, 0.1) is 18.8 Å². The van der Waals surface area contributed by atoms with E-state index in [1.54, 1.807) is 11.8 Å². The Labute approximate surface area is 146 Å². The molecule has 2 aromatic rings. The first-order valence-electron chi connectivity index (χ1n) is 7.86. The summed E-state index contributed by atoms with van der Waals surface area (Å²) in [5.74, 6) is 0.0889. The van der Waals surface area contributed by atoms with Crippen molar-refractivity contribution >= 4 is 35.0 Å². The molecule has 0 saturated carbocycles. The zero-order chi connectivity index (χ0) is 16.1. The largest absolute Gasteiger partial charge is 0.327 e. The summed E-state index contributed by atoms with van der Waals surface area (Å²) in [6, 6.07) is 15.6. The standard InChI is InChI=1S/C18H19ClN2OS/c19-14-7-9-15(10-8-14)23-17-6-2-1-5-16(17)20-18(22)13-21-11-3-4-12-21/h1-2,5-10H,3-4,11-13H2,(H,20,22)/p+1. The second-order valence-corrected chi connectivity index (χ2v) is 7.29. The number of carbonyl (C=O) groups excluding carboxylic acids is 1. The normalized spacial score (nSPS) is 14.8. The van der Waals surface area contributed by atoms with Gasteiger partial charge in [-0.2, -0.15) is 0 Å². The SMILES string of the molecule is O=C(C[NH+]1CCCC1)Nc1ccccc1Sc1ccc(Cl)cc1. The van der Waals surface area contributed by atoms with Crippen LogP contribution in [0.5, 0.6) is 0 Å². The van der Waals surface area contributed by atoms with E-state index in [0.717, 1.165) is 33.6 Å². The van der Waals surface area contributed by atoms with Crippen LogP contribution in [0.3, 0.4) is 0 Å². The third kappa shape index (κ3) is 4.74. The van der Waals surface area contributed by atoms with Crippen molar-refractivity contribution < 1.29 is 9.69 Å². The molecule has 1 heterocycles. The summed E-state index contributed by atoms with van der Waals surface area (Å²) < 4.78 is 0. The number of anilines is 1. The number of likely N-dealkylation sites (tertiary alicyclic amines) is 1. The maximum atomic E-state index is 12.3. The zero-order valence-corrected chi connectivity index (χ0v) is 14.4. The fourth-order valence-corrected chi connectivity index (χ4v) is 3.79. The molecule has 1 aliphatic rings. The van der Waals surface area contributed by atoms with E-state index < -0.39 is 0 Å². The highest BCUT2D eigenvalue weighted by Gasteiger charge is 2.19. The molecule has 1 amide bonds. The van der Waals surface area contributed by atoms with Crippen LogP contribution < -0.4 is 10.2 Å². The first-order chi connectivity index (χ1) is 11.2. The Morgan fingerprint density at radius 1 is 1.09 bits per heavy atom. The Bertz CT molecular complexity index is 669. The third-order valence-electron chi connectivity index (χ3n) is 3.92. The van der Waals surface area contributed by atoms with Gasteiger partial charge < -0.3 is 10.2 Å². The molecule has 1 saturated heterocycles. The van der Waals surface area contributed by atoms with Crippen LogP contribution in [0.4, 0.5) is 5.69 Å². The lowest BCUT2D eigenvalue weighted by molar-refractivity contribution is -0.878. The van der Waals surface area contributed by atoms with Crippen LogP contribution in [0.1, 0.15) is 12.8 Å². The maximum Gasteiger partial charge on any atom is 0.279 e. The van der Waals surface area contributed by atoms with Crippen molar-refractivity contribution in [2.24, 2.45) is 0 Å². The molecule has 0 radical (unpaired) electrons. The molecule has 23 heavy (non-hydrogen) atoms. The van der Waals surface area contributed by atoms with Gasteiger partial charge in [0.15, 0.2) is 6.54 Å². The van der Waals surface area contributed by atoms with E-state index in [4.69, 9.17) is 11.6 Å². The fraction of sp³-hybridized carbons (Fsp3) is 0.278. The molecule has 0 unspecified atom stereocenters. The predicted octanol–water partition coefficient (Wildman–Crippen LogP) is 3.11. The first kappa shape index (κ1) is 16.4. The van der Waals surface area contributed by atoms with Gasteiger partial charge in [-0.25, -0.2) is 0 Å². The molecule has 0 aromatic heterocycles. The van der Waals surface area contributed by atoms with Crippen molar-refractivity contribution in [3.8, 4) is 0 Å². The van der Waals surface area contributed by atoms with Crippen molar-refractivity contribution in [3.63, 3.8) is 0 Å². The number of nitrogens with one attached hydrogen (secondary N) is 2. The molecule has 2 N–H and O–H groups in total. The van der Waals surface area contributed by atoms with Gasteiger partial charge in [-0.05, 0) is 36.4 Å². The molecule has 0 aliphatic carbocycles. The Kier molecular flexibility index (Phi) is 5.60. The van der Waals surface area contributed by atoms with Crippen molar-refractivity contribution in [3.05, 3.63) is 53.6 Å². The molecule has 3 nitrogen and oxygen atoms in total. The molecule has 0 spiro atoms. The van der Waals surface area contributed by atoms with Gasteiger partial charge in [0.1, 0.15) is 0 Å². The van der Waals surface area contributed by atoms with Crippen molar-refractivity contribution in [2.45, 2.75) is 22.6 Å². The van der Waals surface area contributed by atoms with Gasteiger partial charge in [0, 0.05) is 27.7 Å². The van der Waals surface area contributed by atoms with Crippen LogP contribution in [0.15, 0.2) is 58.3 Å². The number of carbonyl (C=O) groups is 1. The summed E-state index contributed by atoms with van der Waals surface area (Å²) in [7, 11) is 0. The van der Waals surface area contributed by atoms with Crippen LogP contribution in [-0.4, -0.2) is 25.5 Å². The highest BCUT2D eigenvalue weighted by molar-refractivity contribution is 7.99. The number of benzene rings is 2. The molecular weight excluding hydrogens is 328 g/mol. The van der Waals surface area contributed by atoms with Crippen molar-refractivity contribution in [2.75, 3.05) is 25.0 Å². The van der Waals surface area contributed by atoms with Crippen LogP contribution in [0.25, 0.3) is 0 Å². The van der Waals surface area contributed by atoms with E-state index in [0.29, 0.717) is 6.54 Å². The number of rotatable bonds is 5. The summed E-state index contributed by atoms with van der Waals surface area (Å²) in [6.07, 6.45) is 2.46. The highest BCUT2D eigenvalue weighted by atomic mass is 35.5. The lowest BCUT2D eigenvalue weighted by atomic mass is 10.3. The molecule has 5 heteroatoms.